The molecule has 7 heteroatoms. The average molecular weight is 378 g/mol. The van der Waals surface area contributed by atoms with Gasteiger partial charge in [0.25, 0.3) is 0 Å². The summed E-state index contributed by atoms with van der Waals surface area (Å²) in [5.41, 5.74) is 0.814. The standard InChI is InChI=1S/C19H23FN2O3S/c1-3-22(4-2)19(23)17(14-15-10-6-5-7-11-15)21-26(24,25)18-13-9-8-12-16(18)20/h5-13,17,21H,3-4,14H2,1-2H3. The lowest BCUT2D eigenvalue weighted by Gasteiger charge is -2.26. The van der Waals surface area contributed by atoms with Gasteiger partial charge in [-0.2, -0.15) is 4.72 Å². The quantitative estimate of drug-likeness (QED) is 0.768. The molecular weight excluding hydrogens is 355 g/mol. The lowest BCUT2D eigenvalue weighted by atomic mass is 10.1. The van der Waals surface area contributed by atoms with Crippen LogP contribution in [-0.2, 0) is 21.2 Å². The fraction of sp³-hybridized carbons (Fsp3) is 0.316. The van der Waals surface area contributed by atoms with Crippen molar-refractivity contribution in [3.05, 3.63) is 66.0 Å². The first-order chi connectivity index (χ1) is 12.4. The number of sulfonamides is 1. The Hall–Kier alpha value is -2.25. The van der Waals surface area contributed by atoms with Crippen molar-refractivity contribution in [2.45, 2.75) is 31.2 Å². The van der Waals surface area contributed by atoms with Gasteiger partial charge in [0.1, 0.15) is 16.8 Å². The molecule has 0 saturated heterocycles. The molecule has 26 heavy (non-hydrogen) atoms. The van der Waals surface area contributed by atoms with Crippen LogP contribution in [-0.4, -0.2) is 38.4 Å². The number of rotatable bonds is 8. The predicted octanol–water partition coefficient (Wildman–Crippen LogP) is 2.58. The smallest absolute Gasteiger partial charge is 0.244 e. The number of nitrogens with zero attached hydrogens (tertiary/aromatic N) is 1. The highest BCUT2D eigenvalue weighted by Crippen LogP contribution is 2.15. The van der Waals surface area contributed by atoms with Crippen molar-refractivity contribution in [1.29, 1.82) is 0 Å². The first-order valence-electron chi connectivity index (χ1n) is 8.48. The first kappa shape index (κ1) is 20.1. The van der Waals surface area contributed by atoms with E-state index < -0.39 is 26.8 Å². The Kier molecular flexibility index (Phi) is 6.88. The Balaban J connectivity index is 2.34. The van der Waals surface area contributed by atoms with E-state index in [1.54, 1.807) is 4.90 Å². The van der Waals surface area contributed by atoms with Gasteiger partial charge in [0.05, 0.1) is 0 Å². The monoisotopic (exact) mass is 378 g/mol. The van der Waals surface area contributed by atoms with Crippen LogP contribution >= 0.6 is 0 Å². The molecule has 2 rings (SSSR count). The van der Waals surface area contributed by atoms with Crippen LogP contribution in [0.3, 0.4) is 0 Å². The van der Waals surface area contributed by atoms with Crippen LogP contribution in [0.25, 0.3) is 0 Å². The molecule has 0 bridgehead atoms. The molecule has 0 radical (unpaired) electrons. The van der Waals surface area contributed by atoms with Crippen molar-refractivity contribution in [2.75, 3.05) is 13.1 Å². The molecule has 0 spiro atoms. The zero-order valence-corrected chi connectivity index (χ0v) is 15.7. The van der Waals surface area contributed by atoms with Gasteiger partial charge in [0, 0.05) is 13.1 Å². The molecule has 5 nitrogen and oxygen atoms in total. The highest BCUT2D eigenvalue weighted by atomic mass is 32.2. The number of amides is 1. The maximum absolute atomic E-state index is 13.9. The Morgan fingerprint density at radius 2 is 1.62 bits per heavy atom. The summed E-state index contributed by atoms with van der Waals surface area (Å²) < 4.78 is 41.6. The molecule has 0 aliphatic carbocycles. The molecule has 2 aromatic rings. The van der Waals surface area contributed by atoms with Crippen LogP contribution in [0.4, 0.5) is 4.39 Å². The molecule has 1 unspecified atom stereocenters. The van der Waals surface area contributed by atoms with Gasteiger partial charge in [0.15, 0.2) is 0 Å². The highest BCUT2D eigenvalue weighted by Gasteiger charge is 2.29. The zero-order valence-electron chi connectivity index (χ0n) is 14.9. The molecule has 0 aliphatic heterocycles. The number of hydrogen-bond donors (Lipinski definition) is 1. The summed E-state index contributed by atoms with van der Waals surface area (Å²) in [6.45, 7) is 4.57. The SMILES string of the molecule is CCN(CC)C(=O)C(Cc1ccccc1)NS(=O)(=O)c1ccccc1F. The van der Waals surface area contributed by atoms with Crippen molar-refractivity contribution in [1.82, 2.24) is 9.62 Å². The molecule has 1 N–H and O–H groups in total. The second-order valence-electron chi connectivity index (χ2n) is 5.80. The molecule has 140 valence electrons. The van der Waals surface area contributed by atoms with Gasteiger partial charge < -0.3 is 4.90 Å². The van der Waals surface area contributed by atoms with Crippen LogP contribution in [0, 0.1) is 5.82 Å². The summed E-state index contributed by atoms with van der Waals surface area (Å²) in [5.74, 6) is -1.19. The summed E-state index contributed by atoms with van der Waals surface area (Å²) >= 11 is 0. The summed E-state index contributed by atoms with van der Waals surface area (Å²) in [4.78, 5) is 13.9. The molecule has 0 saturated carbocycles. The number of likely N-dealkylation sites (N-methyl/N-ethyl adjacent to an activating group) is 1. The molecule has 1 amide bonds. The molecule has 0 heterocycles. The zero-order chi connectivity index (χ0) is 19.2. The van der Waals surface area contributed by atoms with E-state index in [2.05, 4.69) is 4.72 Å². The van der Waals surface area contributed by atoms with E-state index in [1.165, 1.54) is 18.2 Å². The van der Waals surface area contributed by atoms with E-state index >= 15 is 0 Å². The number of carbonyl (C=O) groups is 1. The van der Waals surface area contributed by atoms with Gasteiger partial charge in [-0.15, -0.1) is 0 Å². The van der Waals surface area contributed by atoms with Crippen LogP contribution in [0.1, 0.15) is 19.4 Å². The minimum atomic E-state index is -4.18. The number of halogens is 1. The van der Waals surface area contributed by atoms with E-state index in [-0.39, 0.29) is 12.3 Å². The van der Waals surface area contributed by atoms with Crippen molar-refractivity contribution < 1.29 is 17.6 Å². The van der Waals surface area contributed by atoms with Crippen molar-refractivity contribution in [2.24, 2.45) is 0 Å². The van der Waals surface area contributed by atoms with E-state index in [9.17, 15) is 17.6 Å². The number of hydrogen-bond acceptors (Lipinski definition) is 3. The molecule has 0 aliphatic rings. The third-order valence-electron chi connectivity index (χ3n) is 4.08. The van der Waals surface area contributed by atoms with Crippen molar-refractivity contribution in [3.8, 4) is 0 Å². The Labute approximate surface area is 153 Å². The van der Waals surface area contributed by atoms with Crippen LogP contribution in [0.5, 0.6) is 0 Å². The minimum absolute atomic E-state index is 0.184. The normalized spacial score (nSPS) is 12.6. The number of nitrogens with one attached hydrogen (secondary N) is 1. The highest BCUT2D eigenvalue weighted by molar-refractivity contribution is 7.89. The summed E-state index contributed by atoms with van der Waals surface area (Å²) in [6, 6.07) is 13.2. The molecular formula is C19H23FN2O3S. The summed E-state index contributed by atoms with van der Waals surface area (Å²) in [6.07, 6.45) is 0.184. The lowest BCUT2D eigenvalue weighted by Crippen LogP contribution is -2.49. The third-order valence-corrected chi connectivity index (χ3v) is 5.58. The van der Waals surface area contributed by atoms with Crippen LogP contribution < -0.4 is 4.72 Å². The fourth-order valence-corrected chi connectivity index (χ4v) is 3.97. The van der Waals surface area contributed by atoms with Gasteiger partial charge in [-0.25, -0.2) is 12.8 Å². The Bertz CT molecular complexity index is 837. The Morgan fingerprint density at radius 1 is 1.04 bits per heavy atom. The van der Waals surface area contributed by atoms with Crippen LogP contribution in [0.2, 0.25) is 0 Å². The predicted molar refractivity (Wildman–Crippen MR) is 98.6 cm³/mol. The van der Waals surface area contributed by atoms with Gasteiger partial charge in [-0.05, 0) is 38.0 Å². The lowest BCUT2D eigenvalue weighted by molar-refractivity contribution is -0.132. The maximum Gasteiger partial charge on any atom is 0.244 e. The van der Waals surface area contributed by atoms with Crippen molar-refractivity contribution in [3.63, 3.8) is 0 Å². The second kappa shape index (κ2) is 8.91. The van der Waals surface area contributed by atoms with E-state index in [4.69, 9.17) is 0 Å². The summed E-state index contributed by atoms with van der Waals surface area (Å²) in [5, 5.41) is 0. The van der Waals surface area contributed by atoms with Crippen molar-refractivity contribution >= 4 is 15.9 Å². The summed E-state index contributed by atoms with van der Waals surface area (Å²) in [7, 11) is -4.18. The van der Waals surface area contributed by atoms with E-state index in [0.29, 0.717) is 13.1 Å². The molecule has 0 fully saturated rings. The van der Waals surface area contributed by atoms with Gasteiger partial charge in [-0.1, -0.05) is 42.5 Å². The second-order valence-corrected chi connectivity index (χ2v) is 7.49. The first-order valence-corrected chi connectivity index (χ1v) is 9.97. The van der Waals surface area contributed by atoms with Crippen LogP contribution in [0.15, 0.2) is 59.5 Å². The van der Waals surface area contributed by atoms with E-state index in [1.807, 2.05) is 44.2 Å². The maximum atomic E-state index is 13.9. The van der Waals surface area contributed by atoms with Gasteiger partial charge >= 0.3 is 0 Å². The molecule has 1 atom stereocenters. The minimum Gasteiger partial charge on any atom is -0.342 e. The van der Waals surface area contributed by atoms with E-state index in [0.717, 1.165) is 11.6 Å². The van der Waals surface area contributed by atoms with Gasteiger partial charge in [-0.3, -0.25) is 4.79 Å². The average Bonchev–Trinajstić information content (AvgIpc) is 2.63. The largest absolute Gasteiger partial charge is 0.342 e. The molecule has 2 aromatic carbocycles. The molecule has 0 aromatic heterocycles. The fourth-order valence-electron chi connectivity index (χ4n) is 2.70. The third kappa shape index (κ3) is 4.89. The Morgan fingerprint density at radius 3 is 2.19 bits per heavy atom. The van der Waals surface area contributed by atoms with Gasteiger partial charge in [0.2, 0.25) is 15.9 Å². The topological polar surface area (TPSA) is 66.5 Å². The number of benzene rings is 2. The number of carbonyl (C=O) groups excluding carboxylic acids is 1.